The number of rotatable bonds is 7. The molecule has 3 aromatic rings. The summed E-state index contributed by atoms with van der Waals surface area (Å²) >= 11 is 6.06. The molecule has 1 saturated heterocycles. The molecular formula is C29H32ClN2O+. The molecule has 3 nitrogen and oxygen atoms in total. The lowest BCUT2D eigenvalue weighted by molar-refractivity contribution is -0.133. The van der Waals surface area contributed by atoms with Gasteiger partial charge in [0.1, 0.15) is 11.0 Å². The van der Waals surface area contributed by atoms with E-state index in [1.54, 1.807) is 4.90 Å². The lowest BCUT2D eigenvalue weighted by atomic mass is 9.70. The zero-order valence-corrected chi connectivity index (χ0v) is 20.3. The second-order valence-electron chi connectivity index (χ2n) is 9.04. The van der Waals surface area contributed by atoms with Crippen LogP contribution in [0, 0.1) is 5.92 Å². The summed E-state index contributed by atoms with van der Waals surface area (Å²) in [4.78, 5) is 18.0. The van der Waals surface area contributed by atoms with Crippen LogP contribution in [0.5, 0.6) is 0 Å². The molecule has 0 radical (unpaired) electrons. The van der Waals surface area contributed by atoms with Crippen molar-refractivity contribution in [3.63, 3.8) is 0 Å². The van der Waals surface area contributed by atoms with Crippen LogP contribution in [0.2, 0.25) is 5.02 Å². The van der Waals surface area contributed by atoms with E-state index in [4.69, 9.17) is 11.6 Å². The quantitative estimate of drug-likeness (QED) is 0.415. The summed E-state index contributed by atoms with van der Waals surface area (Å²) in [5, 5.41) is 0.778. The molecule has 1 fully saturated rings. The van der Waals surface area contributed by atoms with Crippen LogP contribution in [-0.4, -0.2) is 49.4 Å². The maximum Gasteiger partial charge on any atom is 0.237 e. The van der Waals surface area contributed by atoms with Gasteiger partial charge in [-0.15, -0.1) is 0 Å². The highest BCUT2D eigenvalue weighted by Crippen LogP contribution is 2.38. The molecule has 0 aliphatic carbocycles. The Labute approximate surface area is 203 Å². The van der Waals surface area contributed by atoms with E-state index in [1.807, 2.05) is 62.6 Å². The smallest absolute Gasteiger partial charge is 0.237 e. The molecule has 1 aliphatic rings. The lowest BCUT2D eigenvalue weighted by Crippen LogP contribution is -2.47. The number of hydrogen-bond acceptors (Lipinski definition) is 2. The standard InChI is InChI=1S/C29H32ClN2O/c1-31(2)28(33)29(25-9-5-3-6-10-25,26-11-7-4-8-12-26)19-22-32-20-17-24(18-21-32)23-13-15-27(30)16-14-23/h3-16H,17-22H2,1-2H3/q+1. The third kappa shape index (κ3) is 5.10. The summed E-state index contributed by atoms with van der Waals surface area (Å²) in [7, 11) is 3.72. The first kappa shape index (κ1) is 23.4. The van der Waals surface area contributed by atoms with Crippen LogP contribution in [0.3, 0.4) is 0 Å². The van der Waals surface area contributed by atoms with Crippen molar-refractivity contribution in [1.29, 1.82) is 0 Å². The van der Waals surface area contributed by atoms with Gasteiger partial charge in [0.2, 0.25) is 5.91 Å². The largest absolute Gasteiger partial charge is 0.348 e. The summed E-state index contributed by atoms with van der Waals surface area (Å²) in [5.41, 5.74) is 2.71. The van der Waals surface area contributed by atoms with E-state index < -0.39 is 5.41 Å². The predicted molar refractivity (Wildman–Crippen MR) is 136 cm³/mol. The van der Waals surface area contributed by atoms with Gasteiger partial charge in [-0.1, -0.05) is 72.3 Å². The Hall–Kier alpha value is -2.75. The molecule has 1 amide bonds. The van der Waals surface area contributed by atoms with Crippen LogP contribution >= 0.6 is 11.6 Å². The maximum absolute atomic E-state index is 13.8. The second kappa shape index (κ2) is 10.5. The Bertz CT molecular complexity index is 987. The number of nitrogens with zero attached hydrogens (tertiary/aromatic N) is 2. The number of halogens is 1. The Morgan fingerprint density at radius 3 is 1.88 bits per heavy atom. The fourth-order valence-electron chi connectivity index (χ4n) is 4.98. The number of likely N-dealkylation sites (N-methyl/N-ethyl adjacent to an activating group) is 1. The van der Waals surface area contributed by atoms with Gasteiger partial charge in [0.15, 0.2) is 0 Å². The Morgan fingerprint density at radius 1 is 0.879 bits per heavy atom. The maximum atomic E-state index is 13.8. The molecule has 0 spiro atoms. The van der Waals surface area contributed by atoms with Crippen molar-refractivity contribution in [3.8, 4) is 0 Å². The summed E-state index contributed by atoms with van der Waals surface area (Å²) in [6, 6.07) is 28.7. The number of carbonyl (C=O) groups is 1. The Balaban J connectivity index is 1.55. The molecule has 33 heavy (non-hydrogen) atoms. The van der Waals surface area contributed by atoms with E-state index in [2.05, 4.69) is 41.3 Å². The molecule has 0 unspecified atom stereocenters. The van der Waals surface area contributed by atoms with Crippen LogP contribution in [0.15, 0.2) is 84.9 Å². The topological polar surface area (TPSA) is 23.6 Å². The van der Waals surface area contributed by atoms with Crippen LogP contribution in [0.4, 0.5) is 0 Å². The fourth-order valence-corrected chi connectivity index (χ4v) is 5.11. The summed E-state index contributed by atoms with van der Waals surface area (Å²) in [6.45, 7) is 2.89. The highest BCUT2D eigenvalue weighted by Gasteiger charge is 2.43. The Kier molecular flexibility index (Phi) is 7.42. The van der Waals surface area contributed by atoms with Gasteiger partial charge < -0.3 is 9.80 Å². The van der Waals surface area contributed by atoms with Crippen LogP contribution in [-0.2, 0) is 10.2 Å². The number of benzene rings is 3. The number of piperidine rings is 1. The fraction of sp³-hybridized carbons (Fsp3) is 0.310. The number of likely N-dealkylation sites (tertiary alicyclic amines) is 1. The number of amides is 1. The molecule has 0 bridgehead atoms. The average molecular weight is 460 g/mol. The van der Waals surface area contributed by atoms with Crippen molar-refractivity contribution in [2.45, 2.75) is 24.7 Å². The van der Waals surface area contributed by atoms with Crippen molar-refractivity contribution < 1.29 is 4.79 Å². The molecular weight excluding hydrogens is 428 g/mol. The van der Waals surface area contributed by atoms with Gasteiger partial charge in [0, 0.05) is 70.2 Å². The lowest BCUT2D eigenvalue weighted by Gasteiger charge is -2.38. The van der Waals surface area contributed by atoms with E-state index >= 15 is 0 Å². The van der Waals surface area contributed by atoms with Crippen LogP contribution in [0.1, 0.15) is 36.0 Å². The van der Waals surface area contributed by atoms with E-state index in [1.165, 1.54) is 11.5 Å². The van der Waals surface area contributed by atoms with Crippen molar-refractivity contribution in [2.75, 3.05) is 33.7 Å². The minimum absolute atomic E-state index is 0.130. The summed E-state index contributed by atoms with van der Waals surface area (Å²) in [6.07, 6.45) is 2.84. The predicted octanol–water partition coefficient (Wildman–Crippen LogP) is 5.82. The normalized spacial score (nSPS) is 14.8. The molecule has 0 N–H and O–H groups in total. The van der Waals surface area contributed by atoms with Gasteiger partial charge in [-0.05, 0) is 24.1 Å². The molecule has 0 atom stereocenters. The first-order valence-corrected chi connectivity index (χ1v) is 12.0. The van der Waals surface area contributed by atoms with Gasteiger partial charge in [-0.3, -0.25) is 4.79 Å². The van der Waals surface area contributed by atoms with Gasteiger partial charge in [-0.2, -0.15) is 0 Å². The van der Waals surface area contributed by atoms with Gasteiger partial charge >= 0.3 is 0 Å². The zero-order chi connectivity index (χ0) is 23.3. The zero-order valence-electron chi connectivity index (χ0n) is 19.5. The average Bonchev–Trinajstić information content (AvgIpc) is 2.86. The van der Waals surface area contributed by atoms with E-state index in [9.17, 15) is 4.79 Å². The summed E-state index contributed by atoms with van der Waals surface area (Å²) in [5.74, 6) is 1.62. The molecule has 4 heteroatoms. The van der Waals surface area contributed by atoms with E-state index in [0.717, 1.165) is 55.0 Å². The molecule has 170 valence electrons. The first-order chi connectivity index (χ1) is 16.0. The van der Waals surface area contributed by atoms with Crippen molar-refractivity contribution in [3.05, 3.63) is 113 Å². The molecule has 4 rings (SSSR count). The molecule has 1 aliphatic heterocycles. The van der Waals surface area contributed by atoms with Crippen molar-refractivity contribution in [2.24, 2.45) is 0 Å². The number of carbonyl (C=O) groups excluding carboxylic acids is 1. The third-order valence-corrected chi connectivity index (χ3v) is 7.07. The minimum atomic E-state index is -0.702. The molecule has 3 aromatic carbocycles. The third-order valence-electron chi connectivity index (χ3n) is 6.82. The number of hydrogen-bond donors (Lipinski definition) is 0. The van der Waals surface area contributed by atoms with Gasteiger partial charge in [0.05, 0.1) is 5.02 Å². The van der Waals surface area contributed by atoms with Crippen LogP contribution in [0.25, 0.3) is 0 Å². The highest BCUT2D eigenvalue weighted by molar-refractivity contribution is 6.30. The van der Waals surface area contributed by atoms with Crippen molar-refractivity contribution >= 4 is 17.5 Å². The molecule has 0 saturated carbocycles. The van der Waals surface area contributed by atoms with Crippen molar-refractivity contribution in [1.82, 2.24) is 9.80 Å². The monoisotopic (exact) mass is 459 g/mol. The van der Waals surface area contributed by atoms with Gasteiger partial charge in [-0.25, -0.2) is 0 Å². The second-order valence-corrected chi connectivity index (χ2v) is 9.48. The summed E-state index contributed by atoms with van der Waals surface area (Å²) < 4.78 is 0. The molecule has 0 aromatic heterocycles. The Morgan fingerprint density at radius 2 is 1.39 bits per heavy atom. The van der Waals surface area contributed by atoms with Crippen LogP contribution < -0.4 is 0 Å². The van der Waals surface area contributed by atoms with E-state index in [-0.39, 0.29) is 5.91 Å². The minimum Gasteiger partial charge on any atom is -0.348 e. The SMILES string of the molecule is CN(C)C(=O)C(CCN1CC[C+](c2ccc(Cl)cc2)CC1)(c1ccccc1)c1ccccc1. The first-order valence-electron chi connectivity index (χ1n) is 11.7. The highest BCUT2D eigenvalue weighted by atomic mass is 35.5. The van der Waals surface area contributed by atoms with E-state index in [0.29, 0.717) is 0 Å². The van der Waals surface area contributed by atoms with Gasteiger partial charge in [0.25, 0.3) is 0 Å². The molecule has 1 heterocycles.